The lowest BCUT2D eigenvalue weighted by Crippen LogP contribution is -2.41. The number of hydrogen-bond donors (Lipinski definition) is 1. The summed E-state index contributed by atoms with van der Waals surface area (Å²) in [5.74, 6) is 2.82. The van der Waals surface area contributed by atoms with Crippen molar-refractivity contribution < 1.29 is 0 Å². The van der Waals surface area contributed by atoms with Gasteiger partial charge in [0.05, 0.1) is 0 Å². The summed E-state index contributed by atoms with van der Waals surface area (Å²) in [4.78, 5) is 11.0. The van der Waals surface area contributed by atoms with Crippen LogP contribution in [0.15, 0.2) is 23.3 Å². The van der Waals surface area contributed by atoms with Crippen LogP contribution in [-0.2, 0) is 6.42 Å². The molecule has 6 heteroatoms. The van der Waals surface area contributed by atoms with Crippen LogP contribution >= 0.6 is 35.6 Å². The lowest BCUT2D eigenvalue weighted by Gasteiger charge is -2.22. The summed E-state index contributed by atoms with van der Waals surface area (Å²) in [7, 11) is 1.88. The third kappa shape index (κ3) is 4.95. The van der Waals surface area contributed by atoms with Crippen molar-refractivity contribution in [3.8, 4) is 0 Å². The Morgan fingerprint density at radius 2 is 2.00 bits per heavy atom. The highest BCUT2D eigenvalue weighted by Gasteiger charge is 2.35. The van der Waals surface area contributed by atoms with E-state index in [1.807, 2.05) is 25.4 Å². The molecule has 0 radical (unpaired) electrons. The van der Waals surface area contributed by atoms with Gasteiger partial charge in [-0.1, -0.05) is 30.5 Å². The van der Waals surface area contributed by atoms with Gasteiger partial charge >= 0.3 is 0 Å². The first-order chi connectivity index (χ1) is 10.8. The van der Waals surface area contributed by atoms with Crippen molar-refractivity contribution >= 4 is 41.5 Å². The summed E-state index contributed by atoms with van der Waals surface area (Å²) in [6.07, 6.45) is 8.39. The molecule has 4 nitrogen and oxygen atoms in total. The summed E-state index contributed by atoms with van der Waals surface area (Å²) in [5, 5.41) is 4.05. The van der Waals surface area contributed by atoms with Crippen molar-refractivity contribution in [2.75, 3.05) is 26.7 Å². The van der Waals surface area contributed by atoms with E-state index in [0.29, 0.717) is 5.15 Å². The first-order valence-electron chi connectivity index (χ1n) is 8.32. The fourth-order valence-electron chi connectivity index (χ4n) is 3.78. The minimum atomic E-state index is 0. The number of rotatable bonds is 3. The second-order valence-electron chi connectivity index (χ2n) is 6.42. The third-order valence-electron chi connectivity index (χ3n) is 4.97. The van der Waals surface area contributed by atoms with Gasteiger partial charge in [0.2, 0.25) is 0 Å². The largest absolute Gasteiger partial charge is 0.356 e. The number of likely N-dealkylation sites (tertiary alicyclic amines) is 1. The SMILES string of the molecule is CN=C(NCCc1ccc(Cl)nc1)N1CC2CCCCC2C1.I. The van der Waals surface area contributed by atoms with Crippen molar-refractivity contribution in [3.05, 3.63) is 29.0 Å². The molecule has 0 amide bonds. The van der Waals surface area contributed by atoms with Crippen LogP contribution in [-0.4, -0.2) is 42.5 Å². The van der Waals surface area contributed by atoms with E-state index in [9.17, 15) is 0 Å². The second-order valence-corrected chi connectivity index (χ2v) is 6.81. The molecule has 0 spiro atoms. The normalized spacial score (nSPS) is 24.1. The number of nitrogens with one attached hydrogen (secondary N) is 1. The van der Waals surface area contributed by atoms with Crippen molar-refractivity contribution in [1.82, 2.24) is 15.2 Å². The van der Waals surface area contributed by atoms with Gasteiger partial charge < -0.3 is 10.2 Å². The number of aromatic nitrogens is 1. The second kappa shape index (κ2) is 9.06. The maximum atomic E-state index is 5.81. The summed E-state index contributed by atoms with van der Waals surface area (Å²) >= 11 is 5.81. The first-order valence-corrected chi connectivity index (χ1v) is 8.70. The average molecular weight is 449 g/mol. The lowest BCUT2D eigenvalue weighted by atomic mass is 9.82. The molecule has 1 N–H and O–H groups in total. The molecule has 1 saturated carbocycles. The molecule has 1 aliphatic heterocycles. The van der Waals surface area contributed by atoms with E-state index < -0.39 is 0 Å². The Balaban J connectivity index is 0.00000192. The summed E-state index contributed by atoms with van der Waals surface area (Å²) in [6, 6.07) is 3.88. The molecule has 128 valence electrons. The molecule has 2 atom stereocenters. The molecule has 1 aromatic rings. The zero-order valence-electron chi connectivity index (χ0n) is 13.7. The minimum Gasteiger partial charge on any atom is -0.356 e. The fourth-order valence-corrected chi connectivity index (χ4v) is 3.90. The third-order valence-corrected chi connectivity index (χ3v) is 5.20. The highest BCUT2D eigenvalue weighted by molar-refractivity contribution is 14.0. The zero-order valence-corrected chi connectivity index (χ0v) is 16.8. The monoisotopic (exact) mass is 448 g/mol. The number of pyridine rings is 1. The van der Waals surface area contributed by atoms with E-state index in [4.69, 9.17) is 11.6 Å². The Bertz CT molecular complexity index is 506. The number of hydrogen-bond acceptors (Lipinski definition) is 2. The number of nitrogens with zero attached hydrogens (tertiary/aromatic N) is 3. The molecule has 3 rings (SSSR count). The van der Waals surface area contributed by atoms with Crippen LogP contribution in [0.1, 0.15) is 31.2 Å². The van der Waals surface area contributed by atoms with Crippen LogP contribution in [0.4, 0.5) is 0 Å². The zero-order chi connectivity index (χ0) is 15.4. The number of aliphatic imine (C=N–C) groups is 1. The van der Waals surface area contributed by atoms with Gasteiger partial charge in [-0.15, -0.1) is 24.0 Å². The number of guanidine groups is 1. The Kier molecular flexibility index (Phi) is 7.40. The van der Waals surface area contributed by atoms with Gasteiger partial charge in [-0.25, -0.2) is 4.98 Å². The van der Waals surface area contributed by atoms with Gasteiger partial charge in [-0.05, 0) is 42.7 Å². The predicted molar refractivity (Wildman–Crippen MR) is 107 cm³/mol. The Labute approximate surface area is 161 Å². The van der Waals surface area contributed by atoms with Gasteiger partial charge in [-0.2, -0.15) is 0 Å². The molecule has 1 aliphatic carbocycles. The minimum absolute atomic E-state index is 0. The number of fused-ring (bicyclic) bond motifs is 1. The van der Waals surface area contributed by atoms with Crippen molar-refractivity contribution in [3.63, 3.8) is 0 Å². The molecule has 0 bridgehead atoms. The molecule has 1 saturated heterocycles. The van der Waals surface area contributed by atoms with E-state index in [-0.39, 0.29) is 24.0 Å². The van der Waals surface area contributed by atoms with E-state index in [1.54, 1.807) is 0 Å². The molecule has 23 heavy (non-hydrogen) atoms. The van der Waals surface area contributed by atoms with Gasteiger partial charge in [0.25, 0.3) is 0 Å². The van der Waals surface area contributed by atoms with E-state index in [2.05, 4.69) is 20.2 Å². The smallest absolute Gasteiger partial charge is 0.193 e. The van der Waals surface area contributed by atoms with Gasteiger partial charge in [0.1, 0.15) is 5.15 Å². The Morgan fingerprint density at radius 3 is 2.57 bits per heavy atom. The molecule has 2 unspecified atom stereocenters. The predicted octanol–water partition coefficient (Wildman–Crippen LogP) is 3.59. The standard InChI is InChI=1S/C17H25ClN4.HI/c1-19-17(20-9-8-13-6-7-16(18)21-10-13)22-11-14-4-2-3-5-15(14)12-22;/h6-7,10,14-15H,2-5,8-9,11-12H2,1H3,(H,19,20);1H. The van der Waals surface area contributed by atoms with Crippen LogP contribution in [0.2, 0.25) is 5.15 Å². The van der Waals surface area contributed by atoms with Crippen LogP contribution in [0.25, 0.3) is 0 Å². The first kappa shape index (κ1) is 18.8. The number of halogens is 2. The fraction of sp³-hybridized carbons (Fsp3) is 0.647. The van der Waals surface area contributed by atoms with E-state index in [1.165, 1.54) is 44.3 Å². The highest BCUT2D eigenvalue weighted by atomic mass is 127. The van der Waals surface area contributed by atoms with Crippen LogP contribution in [0, 0.1) is 11.8 Å². The van der Waals surface area contributed by atoms with Gasteiger partial charge in [-0.3, -0.25) is 4.99 Å². The Hall–Kier alpha value is -0.560. The summed E-state index contributed by atoms with van der Waals surface area (Å²) < 4.78 is 0. The maximum Gasteiger partial charge on any atom is 0.193 e. The quantitative estimate of drug-likeness (QED) is 0.332. The van der Waals surface area contributed by atoms with E-state index >= 15 is 0 Å². The average Bonchev–Trinajstić information content (AvgIpc) is 2.97. The molecular formula is C17H26ClIN4. The summed E-state index contributed by atoms with van der Waals surface area (Å²) in [6.45, 7) is 3.22. The van der Waals surface area contributed by atoms with Crippen LogP contribution < -0.4 is 5.32 Å². The van der Waals surface area contributed by atoms with Crippen LogP contribution in [0.5, 0.6) is 0 Å². The molecule has 0 aromatic carbocycles. The van der Waals surface area contributed by atoms with Crippen molar-refractivity contribution in [2.45, 2.75) is 32.1 Å². The molecule has 2 fully saturated rings. The van der Waals surface area contributed by atoms with Gasteiger partial charge in [0.15, 0.2) is 5.96 Å². The van der Waals surface area contributed by atoms with Crippen molar-refractivity contribution in [1.29, 1.82) is 0 Å². The van der Waals surface area contributed by atoms with E-state index in [0.717, 1.165) is 30.8 Å². The molecule has 1 aromatic heterocycles. The summed E-state index contributed by atoms with van der Waals surface area (Å²) in [5.41, 5.74) is 1.20. The lowest BCUT2D eigenvalue weighted by molar-refractivity contribution is 0.299. The topological polar surface area (TPSA) is 40.5 Å². The molecular weight excluding hydrogens is 423 g/mol. The maximum absolute atomic E-state index is 5.81. The van der Waals surface area contributed by atoms with Gasteiger partial charge in [0, 0.05) is 32.9 Å². The molecule has 2 aliphatic rings. The van der Waals surface area contributed by atoms with Crippen molar-refractivity contribution in [2.24, 2.45) is 16.8 Å². The Morgan fingerprint density at radius 1 is 1.30 bits per heavy atom. The molecule has 2 heterocycles. The highest BCUT2D eigenvalue weighted by Crippen LogP contribution is 2.35. The van der Waals surface area contributed by atoms with Crippen LogP contribution in [0.3, 0.4) is 0 Å².